The number of nitrogens with one attached hydrogen (secondary N) is 1. The average Bonchev–Trinajstić information content (AvgIpc) is 3.27. The molecular formula is C17H11F5N2O4. The van der Waals surface area contributed by atoms with E-state index in [-0.39, 0.29) is 11.5 Å². The lowest BCUT2D eigenvalue weighted by molar-refractivity contribution is 0.0992. The van der Waals surface area contributed by atoms with Crippen LogP contribution in [-0.2, 0) is 6.61 Å². The Kier molecular flexibility index (Phi) is 5.08. The fourth-order valence-corrected chi connectivity index (χ4v) is 2.27. The summed E-state index contributed by atoms with van der Waals surface area (Å²) in [4.78, 5) is 12.2. The average molecular weight is 402 g/mol. The lowest BCUT2D eigenvalue weighted by atomic mass is 10.2. The molecule has 1 aromatic carbocycles. The van der Waals surface area contributed by atoms with E-state index in [1.165, 1.54) is 12.1 Å². The van der Waals surface area contributed by atoms with E-state index in [2.05, 4.69) is 15.2 Å². The van der Waals surface area contributed by atoms with Gasteiger partial charge in [0.1, 0.15) is 23.7 Å². The summed E-state index contributed by atoms with van der Waals surface area (Å²) < 4.78 is 81.2. The predicted molar refractivity (Wildman–Crippen MR) is 83.2 cm³/mol. The van der Waals surface area contributed by atoms with E-state index in [9.17, 15) is 26.7 Å². The summed E-state index contributed by atoms with van der Waals surface area (Å²) in [6.45, 7) is 2.51. The minimum Gasteiger partial charge on any atom is -0.479 e. The SMILES string of the molecule is Cc1noc(C)c1NC(=O)c1ccc(COc2c(F)c(F)c(F)c(F)c2F)o1. The van der Waals surface area contributed by atoms with Crippen LogP contribution in [0.5, 0.6) is 5.75 Å². The number of aromatic nitrogens is 1. The third-order valence-corrected chi connectivity index (χ3v) is 3.69. The molecule has 0 fully saturated rings. The number of hydrogen-bond acceptors (Lipinski definition) is 5. The van der Waals surface area contributed by atoms with Crippen LogP contribution in [0.2, 0.25) is 0 Å². The van der Waals surface area contributed by atoms with Gasteiger partial charge in [0.05, 0.1) is 0 Å². The van der Waals surface area contributed by atoms with Crippen LogP contribution in [0.25, 0.3) is 0 Å². The summed E-state index contributed by atoms with van der Waals surface area (Å²) in [5.74, 6) is -12.8. The van der Waals surface area contributed by atoms with Crippen molar-refractivity contribution < 1.29 is 40.4 Å². The zero-order valence-corrected chi connectivity index (χ0v) is 14.3. The summed E-state index contributed by atoms with van der Waals surface area (Å²) in [5.41, 5.74) is 0.785. The van der Waals surface area contributed by atoms with E-state index in [0.29, 0.717) is 17.1 Å². The number of carbonyl (C=O) groups is 1. The van der Waals surface area contributed by atoms with Gasteiger partial charge in [0.15, 0.2) is 17.3 Å². The molecule has 0 aliphatic rings. The van der Waals surface area contributed by atoms with Crippen LogP contribution in [0.3, 0.4) is 0 Å². The number of halogens is 5. The van der Waals surface area contributed by atoms with Gasteiger partial charge in [-0.15, -0.1) is 0 Å². The molecule has 1 amide bonds. The summed E-state index contributed by atoms with van der Waals surface area (Å²) >= 11 is 0. The van der Waals surface area contributed by atoms with Gasteiger partial charge in [-0.3, -0.25) is 4.79 Å². The lowest BCUT2D eigenvalue weighted by Crippen LogP contribution is -2.12. The van der Waals surface area contributed by atoms with Gasteiger partial charge in [0, 0.05) is 0 Å². The number of amides is 1. The molecule has 148 valence electrons. The number of nitrogens with zero attached hydrogens (tertiary/aromatic N) is 1. The Morgan fingerprint density at radius 1 is 1.04 bits per heavy atom. The fourth-order valence-electron chi connectivity index (χ4n) is 2.27. The molecule has 3 aromatic rings. The lowest BCUT2D eigenvalue weighted by Gasteiger charge is -2.09. The summed E-state index contributed by atoms with van der Waals surface area (Å²) in [6, 6.07) is 2.49. The van der Waals surface area contributed by atoms with E-state index in [0.717, 1.165) is 0 Å². The van der Waals surface area contributed by atoms with Gasteiger partial charge in [-0.05, 0) is 26.0 Å². The number of benzene rings is 1. The minimum atomic E-state index is -2.29. The standard InChI is InChI=1S/C17H11F5N2O4/c1-6-15(7(2)28-24-6)23-17(25)9-4-3-8(27-9)5-26-16-13(21)11(19)10(18)12(20)14(16)22/h3-4H,5H2,1-2H3,(H,23,25). The van der Waals surface area contributed by atoms with Crippen molar-refractivity contribution in [2.75, 3.05) is 5.32 Å². The highest BCUT2D eigenvalue weighted by Gasteiger charge is 2.27. The molecule has 0 unspecified atom stereocenters. The van der Waals surface area contributed by atoms with Crippen molar-refractivity contribution >= 4 is 11.6 Å². The van der Waals surface area contributed by atoms with Gasteiger partial charge in [0.25, 0.3) is 5.91 Å². The quantitative estimate of drug-likeness (QED) is 0.389. The molecular weight excluding hydrogens is 391 g/mol. The molecule has 0 bridgehead atoms. The van der Waals surface area contributed by atoms with Crippen molar-refractivity contribution in [3.63, 3.8) is 0 Å². The smallest absolute Gasteiger partial charge is 0.291 e. The van der Waals surface area contributed by atoms with Crippen LogP contribution in [0.15, 0.2) is 21.1 Å². The molecule has 2 heterocycles. The monoisotopic (exact) mass is 402 g/mol. The van der Waals surface area contributed by atoms with Gasteiger partial charge in [-0.1, -0.05) is 5.16 Å². The fraction of sp³-hybridized carbons (Fsp3) is 0.176. The molecule has 0 spiro atoms. The second kappa shape index (κ2) is 7.33. The molecule has 0 radical (unpaired) electrons. The van der Waals surface area contributed by atoms with Gasteiger partial charge in [-0.25, -0.2) is 13.2 Å². The minimum absolute atomic E-state index is 0.0900. The number of ether oxygens (including phenoxy) is 1. The molecule has 3 rings (SSSR count). The Bertz CT molecular complexity index is 1010. The van der Waals surface area contributed by atoms with E-state index in [1.807, 2.05) is 0 Å². The van der Waals surface area contributed by atoms with Crippen LogP contribution in [0, 0.1) is 42.9 Å². The predicted octanol–water partition coefficient (Wildman–Crippen LogP) is 4.41. The normalized spacial score (nSPS) is 11.0. The van der Waals surface area contributed by atoms with Gasteiger partial charge < -0.3 is 19.0 Å². The topological polar surface area (TPSA) is 77.5 Å². The molecule has 0 saturated heterocycles. The molecule has 28 heavy (non-hydrogen) atoms. The molecule has 0 atom stereocenters. The van der Waals surface area contributed by atoms with Crippen LogP contribution in [-0.4, -0.2) is 11.1 Å². The van der Waals surface area contributed by atoms with Crippen molar-refractivity contribution in [1.29, 1.82) is 0 Å². The molecule has 1 N–H and O–H groups in total. The zero-order chi connectivity index (χ0) is 20.6. The van der Waals surface area contributed by atoms with Gasteiger partial charge >= 0.3 is 0 Å². The van der Waals surface area contributed by atoms with Crippen molar-refractivity contribution in [3.05, 3.63) is 64.2 Å². The molecule has 11 heteroatoms. The van der Waals surface area contributed by atoms with E-state index in [4.69, 9.17) is 8.94 Å². The maximum Gasteiger partial charge on any atom is 0.291 e. The van der Waals surface area contributed by atoms with E-state index < -0.39 is 47.3 Å². The molecule has 6 nitrogen and oxygen atoms in total. The van der Waals surface area contributed by atoms with Gasteiger partial charge in [-0.2, -0.15) is 8.78 Å². The summed E-state index contributed by atoms with van der Waals surface area (Å²) in [6.07, 6.45) is 0. The molecule has 0 saturated carbocycles. The van der Waals surface area contributed by atoms with E-state index in [1.54, 1.807) is 13.8 Å². The Balaban J connectivity index is 1.73. The third kappa shape index (κ3) is 3.42. The summed E-state index contributed by atoms with van der Waals surface area (Å²) in [5, 5.41) is 6.18. The van der Waals surface area contributed by atoms with Gasteiger partial charge in [0.2, 0.25) is 29.1 Å². The van der Waals surface area contributed by atoms with Crippen molar-refractivity contribution in [2.45, 2.75) is 20.5 Å². The summed E-state index contributed by atoms with van der Waals surface area (Å²) in [7, 11) is 0. The number of hydrogen-bond donors (Lipinski definition) is 1. The highest BCUT2D eigenvalue weighted by Crippen LogP contribution is 2.30. The van der Waals surface area contributed by atoms with Crippen molar-refractivity contribution in [2.24, 2.45) is 0 Å². The van der Waals surface area contributed by atoms with E-state index >= 15 is 0 Å². The second-order valence-corrected chi connectivity index (χ2v) is 5.61. The number of aryl methyl sites for hydroxylation is 2. The number of anilines is 1. The van der Waals surface area contributed by atoms with Crippen LogP contribution >= 0.6 is 0 Å². The molecule has 0 aliphatic heterocycles. The number of furan rings is 1. The van der Waals surface area contributed by atoms with Crippen molar-refractivity contribution in [1.82, 2.24) is 5.16 Å². The third-order valence-electron chi connectivity index (χ3n) is 3.69. The maximum absolute atomic E-state index is 13.6. The number of carbonyl (C=O) groups excluding carboxylic acids is 1. The zero-order valence-electron chi connectivity index (χ0n) is 14.3. The van der Waals surface area contributed by atoms with Crippen LogP contribution in [0.1, 0.15) is 27.8 Å². The van der Waals surface area contributed by atoms with Crippen LogP contribution in [0.4, 0.5) is 27.6 Å². The highest BCUT2D eigenvalue weighted by atomic mass is 19.2. The first-order chi connectivity index (χ1) is 13.2. The molecule has 0 aliphatic carbocycles. The van der Waals surface area contributed by atoms with Crippen LogP contribution < -0.4 is 10.1 Å². The Labute approximate surface area is 153 Å². The Hall–Kier alpha value is -3.37. The second-order valence-electron chi connectivity index (χ2n) is 5.61. The first-order valence-corrected chi connectivity index (χ1v) is 7.67. The van der Waals surface area contributed by atoms with Crippen molar-refractivity contribution in [3.8, 4) is 5.75 Å². The highest BCUT2D eigenvalue weighted by molar-refractivity contribution is 6.02. The molecule has 2 aromatic heterocycles. The Morgan fingerprint density at radius 3 is 2.21 bits per heavy atom. The first kappa shape index (κ1) is 19.4. The largest absolute Gasteiger partial charge is 0.479 e. The Morgan fingerprint density at radius 2 is 1.64 bits per heavy atom. The maximum atomic E-state index is 13.6. The first-order valence-electron chi connectivity index (χ1n) is 7.67. The number of rotatable bonds is 5.